The van der Waals surface area contributed by atoms with E-state index in [0.29, 0.717) is 45.4 Å². The summed E-state index contributed by atoms with van der Waals surface area (Å²) in [6, 6.07) is 0.410. The Hall–Kier alpha value is -0.250. The molecule has 0 saturated carbocycles. The summed E-state index contributed by atoms with van der Waals surface area (Å²) in [5, 5.41) is 3.20. The second-order valence-corrected chi connectivity index (χ2v) is 6.78. The monoisotopic (exact) mass is 309 g/mol. The Balaban J connectivity index is 2.66. The molecule has 0 aliphatic carbocycles. The minimum absolute atomic E-state index is 0.355. The van der Waals surface area contributed by atoms with Gasteiger partial charge in [0.25, 0.3) is 10.2 Å². The van der Waals surface area contributed by atoms with Crippen LogP contribution in [0.25, 0.3) is 0 Å². The molecule has 0 radical (unpaired) electrons. The lowest BCUT2D eigenvalue weighted by molar-refractivity contribution is 0.145. The van der Waals surface area contributed by atoms with Gasteiger partial charge >= 0.3 is 0 Å². The maximum absolute atomic E-state index is 12.6. The summed E-state index contributed by atoms with van der Waals surface area (Å²) < 4.78 is 38.2. The van der Waals surface area contributed by atoms with E-state index in [4.69, 9.17) is 9.47 Å². The Kier molecular flexibility index (Phi) is 7.93. The van der Waals surface area contributed by atoms with Crippen LogP contribution in [0.1, 0.15) is 12.8 Å². The van der Waals surface area contributed by atoms with Gasteiger partial charge in [-0.2, -0.15) is 17.0 Å². The maximum atomic E-state index is 12.6. The number of methoxy groups -OCH3 is 2. The highest BCUT2D eigenvalue weighted by Crippen LogP contribution is 2.16. The van der Waals surface area contributed by atoms with Gasteiger partial charge in [0.1, 0.15) is 0 Å². The third-order valence-electron chi connectivity index (χ3n) is 3.60. The van der Waals surface area contributed by atoms with Gasteiger partial charge < -0.3 is 14.8 Å². The van der Waals surface area contributed by atoms with Crippen LogP contribution in [0.3, 0.4) is 0 Å². The third-order valence-corrected chi connectivity index (χ3v) is 5.64. The predicted molar refractivity (Wildman–Crippen MR) is 77.9 cm³/mol. The second kappa shape index (κ2) is 8.91. The lowest BCUT2D eigenvalue weighted by Crippen LogP contribution is -2.51. The number of ether oxygens (including phenoxy) is 2. The molecule has 0 unspecified atom stereocenters. The lowest BCUT2D eigenvalue weighted by Gasteiger charge is -2.34. The van der Waals surface area contributed by atoms with Crippen LogP contribution in [0.15, 0.2) is 0 Å². The first-order valence-corrected chi connectivity index (χ1v) is 8.36. The average Bonchev–Trinajstić information content (AvgIpc) is 2.47. The van der Waals surface area contributed by atoms with E-state index >= 15 is 0 Å². The van der Waals surface area contributed by atoms with Crippen LogP contribution in [0.2, 0.25) is 0 Å². The molecule has 1 aliphatic rings. The van der Waals surface area contributed by atoms with Gasteiger partial charge in [-0.15, -0.1) is 0 Å². The largest absolute Gasteiger partial charge is 0.383 e. The first-order chi connectivity index (χ1) is 9.56. The van der Waals surface area contributed by atoms with Crippen LogP contribution < -0.4 is 5.32 Å². The molecule has 1 fully saturated rings. The fourth-order valence-electron chi connectivity index (χ4n) is 2.27. The summed E-state index contributed by atoms with van der Waals surface area (Å²) >= 11 is 0. The number of hydrogen-bond donors (Lipinski definition) is 1. The third kappa shape index (κ3) is 4.94. The molecule has 8 heteroatoms. The van der Waals surface area contributed by atoms with Gasteiger partial charge in [0.2, 0.25) is 0 Å². The van der Waals surface area contributed by atoms with Crippen LogP contribution >= 0.6 is 0 Å². The topological polar surface area (TPSA) is 71.1 Å². The Morgan fingerprint density at radius 3 is 2.05 bits per heavy atom. The van der Waals surface area contributed by atoms with Crippen molar-refractivity contribution in [3.05, 3.63) is 0 Å². The average molecular weight is 309 g/mol. The summed E-state index contributed by atoms with van der Waals surface area (Å²) in [7, 11) is 1.63. The molecule has 0 aromatic carbocycles. The van der Waals surface area contributed by atoms with Crippen LogP contribution in [0.5, 0.6) is 0 Å². The quantitative estimate of drug-likeness (QED) is 0.622. The molecular formula is C12H27N3O4S. The predicted octanol–water partition coefficient (Wildman–Crippen LogP) is -0.490. The van der Waals surface area contributed by atoms with Crippen LogP contribution in [-0.2, 0) is 19.7 Å². The van der Waals surface area contributed by atoms with Crippen molar-refractivity contribution in [2.75, 3.05) is 60.7 Å². The normalized spacial score (nSPS) is 18.8. The van der Waals surface area contributed by atoms with Crippen molar-refractivity contribution < 1.29 is 17.9 Å². The Bertz CT molecular complexity index is 348. The molecule has 0 aromatic heterocycles. The van der Waals surface area contributed by atoms with E-state index in [1.165, 1.54) is 4.31 Å². The van der Waals surface area contributed by atoms with E-state index in [9.17, 15) is 8.42 Å². The van der Waals surface area contributed by atoms with Gasteiger partial charge in [-0.05, 0) is 19.9 Å². The van der Waals surface area contributed by atoms with Crippen molar-refractivity contribution in [3.63, 3.8) is 0 Å². The zero-order chi connectivity index (χ0) is 15.0. The van der Waals surface area contributed by atoms with Gasteiger partial charge in [0.05, 0.1) is 13.2 Å². The molecule has 0 aromatic rings. The van der Waals surface area contributed by atoms with Crippen molar-refractivity contribution in [1.82, 2.24) is 13.9 Å². The van der Waals surface area contributed by atoms with E-state index in [1.807, 2.05) is 7.05 Å². The Morgan fingerprint density at radius 1 is 1.15 bits per heavy atom. The molecule has 1 N–H and O–H groups in total. The fraction of sp³-hybridized carbons (Fsp3) is 1.00. The molecule has 1 saturated heterocycles. The Morgan fingerprint density at radius 2 is 1.65 bits per heavy atom. The van der Waals surface area contributed by atoms with Gasteiger partial charge in [-0.3, -0.25) is 0 Å². The van der Waals surface area contributed by atoms with Crippen molar-refractivity contribution in [1.29, 1.82) is 0 Å². The van der Waals surface area contributed by atoms with Crippen molar-refractivity contribution in [3.8, 4) is 0 Å². The standard InChI is InChI=1S/C12H27N3O4S/c1-13-12-4-6-14(7-5-12)20(16,17)15(8-10-18-2)9-11-19-3/h12-13H,4-11H2,1-3H3. The highest BCUT2D eigenvalue weighted by atomic mass is 32.2. The molecule has 120 valence electrons. The molecule has 0 bridgehead atoms. The first kappa shape index (κ1) is 17.8. The van der Waals surface area contributed by atoms with Gasteiger partial charge in [0, 0.05) is 46.4 Å². The SMILES string of the molecule is CNC1CCN(S(=O)(=O)N(CCOC)CCOC)CC1. The highest BCUT2D eigenvalue weighted by Gasteiger charge is 2.32. The molecule has 1 rings (SSSR count). The van der Waals surface area contributed by atoms with Crippen molar-refractivity contribution in [2.45, 2.75) is 18.9 Å². The second-order valence-electron chi connectivity index (χ2n) is 4.85. The van der Waals surface area contributed by atoms with E-state index in [1.54, 1.807) is 18.5 Å². The minimum Gasteiger partial charge on any atom is -0.383 e. The van der Waals surface area contributed by atoms with Crippen LogP contribution in [-0.4, -0.2) is 83.7 Å². The molecule has 1 aliphatic heterocycles. The minimum atomic E-state index is -3.42. The van der Waals surface area contributed by atoms with Gasteiger partial charge in [-0.1, -0.05) is 0 Å². The fourth-order valence-corrected chi connectivity index (χ4v) is 3.88. The zero-order valence-electron chi connectivity index (χ0n) is 12.7. The zero-order valence-corrected chi connectivity index (χ0v) is 13.5. The van der Waals surface area contributed by atoms with E-state index in [0.717, 1.165) is 12.8 Å². The smallest absolute Gasteiger partial charge is 0.282 e. The molecule has 1 heterocycles. The van der Waals surface area contributed by atoms with Crippen molar-refractivity contribution >= 4 is 10.2 Å². The van der Waals surface area contributed by atoms with Crippen LogP contribution in [0.4, 0.5) is 0 Å². The van der Waals surface area contributed by atoms with Crippen LogP contribution in [0, 0.1) is 0 Å². The first-order valence-electron chi connectivity index (χ1n) is 6.96. The van der Waals surface area contributed by atoms with E-state index in [2.05, 4.69) is 5.32 Å². The summed E-state index contributed by atoms with van der Waals surface area (Å²) in [5.41, 5.74) is 0. The molecular weight excluding hydrogens is 282 g/mol. The number of nitrogens with one attached hydrogen (secondary N) is 1. The Labute approximate surface area is 122 Å². The summed E-state index contributed by atoms with van der Waals surface area (Å²) in [4.78, 5) is 0. The summed E-state index contributed by atoms with van der Waals surface area (Å²) in [5.74, 6) is 0. The molecule has 0 amide bonds. The lowest BCUT2D eigenvalue weighted by atomic mass is 10.1. The summed E-state index contributed by atoms with van der Waals surface area (Å²) in [6.07, 6.45) is 1.69. The van der Waals surface area contributed by atoms with Gasteiger partial charge in [0.15, 0.2) is 0 Å². The molecule has 0 spiro atoms. The highest BCUT2D eigenvalue weighted by molar-refractivity contribution is 7.86. The summed E-state index contributed by atoms with van der Waals surface area (Å²) in [6.45, 7) is 2.60. The molecule has 20 heavy (non-hydrogen) atoms. The van der Waals surface area contributed by atoms with E-state index in [-0.39, 0.29) is 0 Å². The number of rotatable bonds is 9. The van der Waals surface area contributed by atoms with E-state index < -0.39 is 10.2 Å². The van der Waals surface area contributed by atoms with Gasteiger partial charge in [-0.25, -0.2) is 0 Å². The maximum Gasteiger partial charge on any atom is 0.282 e. The number of nitrogens with zero attached hydrogens (tertiary/aromatic N) is 2. The number of piperidine rings is 1. The molecule has 7 nitrogen and oxygen atoms in total. The molecule has 0 atom stereocenters. The number of hydrogen-bond acceptors (Lipinski definition) is 5. The van der Waals surface area contributed by atoms with Crippen molar-refractivity contribution in [2.24, 2.45) is 0 Å².